The maximum Gasteiger partial charge on any atom is 0.246 e. The molecule has 2 N–H and O–H groups in total. The van der Waals surface area contributed by atoms with E-state index in [4.69, 9.17) is 4.74 Å². The number of carbonyl (C=O) groups is 1. The van der Waals surface area contributed by atoms with E-state index in [0.29, 0.717) is 5.75 Å². The Hall–Kier alpha value is -2.49. The average Bonchev–Trinajstić information content (AvgIpc) is 2.50. The minimum atomic E-state index is -0.373. The van der Waals surface area contributed by atoms with Crippen molar-refractivity contribution < 1.29 is 9.53 Å². The molecule has 0 aliphatic carbocycles. The largest absolute Gasteiger partial charge is 0.495 e. The molecule has 0 heterocycles. The molecule has 1 amide bonds. The lowest BCUT2D eigenvalue weighted by Gasteiger charge is -2.17. The zero-order valence-electron chi connectivity index (χ0n) is 12.5. The molecule has 0 saturated carbocycles. The highest BCUT2D eigenvalue weighted by molar-refractivity contribution is 5.96. The first-order valence-corrected chi connectivity index (χ1v) is 6.87. The molecule has 0 fully saturated rings. The van der Waals surface area contributed by atoms with Crippen LogP contribution in [-0.4, -0.2) is 19.1 Å². The standard InChI is InChI=1S/C17H20N2O2/c1-12-8-10-14(11-9-12)19-17(20)13(2)18-15-6-4-5-7-16(15)21-3/h4-11,13,18H,1-3H3,(H,19,20)/t13-/m0/s1. The van der Waals surface area contributed by atoms with Gasteiger partial charge in [0, 0.05) is 5.69 Å². The normalized spacial score (nSPS) is 11.6. The van der Waals surface area contributed by atoms with Crippen LogP contribution >= 0.6 is 0 Å². The van der Waals surface area contributed by atoms with Crippen LogP contribution in [0.1, 0.15) is 12.5 Å². The van der Waals surface area contributed by atoms with Crippen molar-refractivity contribution in [1.29, 1.82) is 0 Å². The molecule has 0 bridgehead atoms. The molecule has 0 radical (unpaired) electrons. The van der Waals surface area contributed by atoms with Gasteiger partial charge in [0.1, 0.15) is 11.8 Å². The Morgan fingerprint density at radius 2 is 1.76 bits per heavy atom. The van der Waals surface area contributed by atoms with Gasteiger partial charge >= 0.3 is 0 Å². The predicted octanol–water partition coefficient (Wildman–Crippen LogP) is 3.44. The summed E-state index contributed by atoms with van der Waals surface area (Å²) in [6, 6.07) is 14.9. The lowest BCUT2D eigenvalue weighted by Crippen LogP contribution is -2.32. The van der Waals surface area contributed by atoms with Crippen LogP contribution in [0.3, 0.4) is 0 Å². The van der Waals surface area contributed by atoms with E-state index in [2.05, 4.69) is 10.6 Å². The van der Waals surface area contributed by atoms with E-state index in [9.17, 15) is 4.79 Å². The molecule has 110 valence electrons. The lowest BCUT2D eigenvalue weighted by atomic mass is 10.2. The molecule has 0 spiro atoms. The van der Waals surface area contributed by atoms with E-state index in [1.807, 2.05) is 62.4 Å². The highest BCUT2D eigenvalue weighted by atomic mass is 16.5. The summed E-state index contributed by atoms with van der Waals surface area (Å²) in [6.45, 7) is 3.83. The van der Waals surface area contributed by atoms with Crippen molar-refractivity contribution in [2.45, 2.75) is 19.9 Å². The Bertz CT molecular complexity index is 608. The summed E-state index contributed by atoms with van der Waals surface area (Å²) < 4.78 is 5.26. The van der Waals surface area contributed by atoms with Gasteiger partial charge in [-0.15, -0.1) is 0 Å². The fourth-order valence-electron chi connectivity index (χ4n) is 1.95. The smallest absolute Gasteiger partial charge is 0.246 e. The van der Waals surface area contributed by atoms with Gasteiger partial charge in [0.25, 0.3) is 0 Å². The highest BCUT2D eigenvalue weighted by Gasteiger charge is 2.14. The van der Waals surface area contributed by atoms with Crippen LogP contribution in [0.5, 0.6) is 5.75 Å². The van der Waals surface area contributed by atoms with Gasteiger partial charge in [-0.25, -0.2) is 0 Å². The van der Waals surface area contributed by atoms with Crippen LogP contribution in [0.2, 0.25) is 0 Å². The third kappa shape index (κ3) is 3.99. The summed E-state index contributed by atoms with van der Waals surface area (Å²) >= 11 is 0. The second-order valence-corrected chi connectivity index (χ2v) is 4.92. The van der Waals surface area contributed by atoms with E-state index in [1.165, 1.54) is 0 Å². The molecular weight excluding hydrogens is 264 g/mol. The maximum absolute atomic E-state index is 12.2. The number of anilines is 2. The molecule has 4 heteroatoms. The van der Waals surface area contributed by atoms with Gasteiger partial charge in [-0.3, -0.25) is 4.79 Å². The van der Waals surface area contributed by atoms with Crippen LogP contribution in [0, 0.1) is 6.92 Å². The van der Waals surface area contributed by atoms with Gasteiger partial charge < -0.3 is 15.4 Å². The zero-order chi connectivity index (χ0) is 15.2. The molecule has 0 aliphatic rings. The van der Waals surface area contributed by atoms with Crippen molar-refractivity contribution in [3.63, 3.8) is 0 Å². The molecule has 2 aromatic rings. The summed E-state index contributed by atoms with van der Waals surface area (Å²) in [5.74, 6) is 0.622. The second-order valence-electron chi connectivity index (χ2n) is 4.92. The number of ether oxygens (including phenoxy) is 1. The second kappa shape index (κ2) is 6.79. The predicted molar refractivity (Wildman–Crippen MR) is 85.9 cm³/mol. The van der Waals surface area contributed by atoms with Crippen LogP contribution in [-0.2, 0) is 4.79 Å². The Morgan fingerprint density at radius 1 is 1.10 bits per heavy atom. The minimum absolute atomic E-state index is 0.0928. The number of amides is 1. The van der Waals surface area contributed by atoms with Gasteiger partial charge in [0.2, 0.25) is 5.91 Å². The zero-order valence-corrected chi connectivity index (χ0v) is 12.5. The molecule has 0 aromatic heterocycles. The molecular formula is C17H20N2O2. The topological polar surface area (TPSA) is 50.4 Å². The Morgan fingerprint density at radius 3 is 2.43 bits per heavy atom. The van der Waals surface area contributed by atoms with Crippen molar-refractivity contribution in [2.75, 3.05) is 17.7 Å². The number of carbonyl (C=O) groups excluding carboxylic acids is 1. The third-order valence-electron chi connectivity index (χ3n) is 3.19. The first-order chi connectivity index (χ1) is 10.1. The SMILES string of the molecule is COc1ccccc1N[C@@H](C)C(=O)Nc1ccc(C)cc1. The fraction of sp³-hybridized carbons (Fsp3) is 0.235. The number of para-hydroxylation sites is 2. The van der Waals surface area contributed by atoms with Crippen molar-refractivity contribution in [1.82, 2.24) is 0 Å². The van der Waals surface area contributed by atoms with Crippen LogP contribution < -0.4 is 15.4 Å². The first kappa shape index (κ1) is 14.9. The first-order valence-electron chi connectivity index (χ1n) is 6.87. The number of benzene rings is 2. The fourth-order valence-corrected chi connectivity index (χ4v) is 1.95. The monoisotopic (exact) mass is 284 g/mol. The molecule has 4 nitrogen and oxygen atoms in total. The molecule has 21 heavy (non-hydrogen) atoms. The van der Waals surface area contributed by atoms with E-state index in [0.717, 1.165) is 16.9 Å². The maximum atomic E-state index is 12.2. The van der Waals surface area contributed by atoms with Gasteiger partial charge in [-0.05, 0) is 38.1 Å². The lowest BCUT2D eigenvalue weighted by molar-refractivity contribution is -0.116. The van der Waals surface area contributed by atoms with Gasteiger partial charge in [0.15, 0.2) is 0 Å². The number of aryl methyl sites for hydroxylation is 1. The number of rotatable bonds is 5. The highest BCUT2D eigenvalue weighted by Crippen LogP contribution is 2.23. The van der Waals surface area contributed by atoms with Crippen LogP contribution in [0.15, 0.2) is 48.5 Å². The van der Waals surface area contributed by atoms with Crippen molar-refractivity contribution in [2.24, 2.45) is 0 Å². The molecule has 2 aromatic carbocycles. The van der Waals surface area contributed by atoms with E-state index >= 15 is 0 Å². The summed E-state index contributed by atoms with van der Waals surface area (Å²) in [5.41, 5.74) is 2.75. The Balaban J connectivity index is 2.01. The van der Waals surface area contributed by atoms with Gasteiger partial charge in [-0.2, -0.15) is 0 Å². The Labute approximate surface area is 125 Å². The molecule has 2 rings (SSSR count). The van der Waals surface area contributed by atoms with Crippen molar-refractivity contribution >= 4 is 17.3 Å². The van der Waals surface area contributed by atoms with Crippen molar-refractivity contribution in [3.05, 3.63) is 54.1 Å². The van der Waals surface area contributed by atoms with E-state index in [-0.39, 0.29) is 11.9 Å². The van der Waals surface area contributed by atoms with E-state index < -0.39 is 0 Å². The van der Waals surface area contributed by atoms with Crippen LogP contribution in [0.25, 0.3) is 0 Å². The number of hydrogen-bond acceptors (Lipinski definition) is 3. The molecule has 0 saturated heterocycles. The Kier molecular flexibility index (Phi) is 4.82. The van der Waals surface area contributed by atoms with E-state index in [1.54, 1.807) is 7.11 Å². The third-order valence-corrected chi connectivity index (χ3v) is 3.19. The molecule has 0 aliphatic heterocycles. The summed E-state index contributed by atoms with van der Waals surface area (Å²) in [4.78, 5) is 12.2. The minimum Gasteiger partial charge on any atom is -0.495 e. The number of methoxy groups -OCH3 is 1. The summed E-state index contributed by atoms with van der Waals surface area (Å²) in [5, 5.41) is 6.04. The van der Waals surface area contributed by atoms with Crippen molar-refractivity contribution in [3.8, 4) is 5.75 Å². The quantitative estimate of drug-likeness (QED) is 0.884. The summed E-state index contributed by atoms with van der Waals surface area (Å²) in [7, 11) is 1.61. The molecule has 1 atom stereocenters. The van der Waals surface area contributed by atoms with Gasteiger partial charge in [0.05, 0.1) is 12.8 Å². The van der Waals surface area contributed by atoms with Gasteiger partial charge in [-0.1, -0.05) is 29.8 Å². The average molecular weight is 284 g/mol. The molecule has 0 unspecified atom stereocenters. The number of hydrogen-bond donors (Lipinski definition) is 2. The van der Waals surface area contributed by atoms with Crippen LogP contribution in [0.4, 0.5) is 11.4 Å². The summed E-state index contributed by atoms with van der Waals surface area (Å²) in [6.07, 6.45) is 0. The number of nitrogens with one attached hydrogen (secondary N) is 2.